The highest BCUT2D eigenvalue weighted by Crippen LogP contribution is 2.27. The molecule has 0 saturated heterocycles. The van der Waals surface area contributed by atoms with Crippen molar-refractivity contribution in [3.8, 4) is 0 Å². The minimum atomic E-state index is -0.157. The number of furan rings is 1. The minimum absolute atomic E-state index is 0.157. The predicted octanol–water partition coefficient (Wildman–Crippen LogP) is 4.05. The predicted molar refractivity (Wildman–Crippen MR) is 94.4 cm³/mol. The van der Waals surface area contributed by atoms with Gasteiger partial charge in [0.25, 0.3) is 5.91 Å². The van der Waals surface area contributed by atoms with Crippen LogP contribution in [0.15, 0.2) is 27.1 Å². The van der Waals surface area contributed by atoms with Crippen molar-refractivity contribution in [2.75, 3.05) is 6.54 Å². The van der Waals surface area contributed by atoms with Gasteiger partial charge >= 0.3 is 0 Å². The molecule has 0 radical (unpaired) electrons. The second kappa shape index (κ2) is 7.09. The van der Waals surface area contributed by atoms with Gasteiger partial charge in [0, 0.05) is 23.9 Å². The summed E-state index contributed by atoms with van der Waals surface area (Å²) in [6.45, 7) is 8.73. The van der Waals surface area contributed by atoms with Gasteiger partial charge < -0.3 is 13.8 Å². The lowest BCUT2D eigenvalue weighted by Gasteiger charge is -2.17. The van der Waals surface area contributed by atoms with Crippen molar-refractivity contribution in [2.24, 2.45) is 0 Å². The summed E-state index contributed by atoms with van der Waals surface area (Å²) in [4.78, 5) is 18.9. The maximum absolute atomic E-state index is 12.9. The number of carbonyl (C=O) groups excluding carboxylic acids is 1. The summed E-state index contributed by atoms with van der Waals surface area (Å²) in [6, 6.07) is 5.96. The van der Waals surface area contributed by atoms with Crippen molar-refractivity contribution in [3.05, 3.63) is 46.8 Å². The van der Waals surface area contributed by atoms with Crippen molar-refractivity contribution in [2.45, 2.75) is 47.1 Å². The zero-order valence-electron chi connectivity index (χ0n) is 15.1. The summed E-state index contributed by atoms with van der Waals surface area (Å²) in [5.74, 6) is 1.34. The highest BCUT2D eigenvalue weighted by Gasteiger charge is 2.24. The summed E-state index contributed by atoms with van der Waals surface area (Å²) in [7, 11) is 0. The highest BCUT2D eigenvalue weighted by atomic mass is 16.5. The molecule has 0 aliphatic carbocycles. The molecule has 3 aromatic rings. The Bertz CT molecular complexity index is 895. The first-order valence-corrected chi connectivity index (χ1v) is 8.64. The number of fused-ring (bicyclic) bond motifs is 1. The molecule has 0 N–H and O–H groups in total. The SMILES string of the molecule is CCCc1nc(CN(CC)C(=O)c2oc3cc(C)ccc3c2C)no1. The molecule has 2 aromatic heterocycles. The molecule has 1 amide bonds. The van der Waals surface area contributed by atoms with Gasteiger partial charge in [0.05, 0.1) is 6.54 Å². The summed E-state index contributed by atoms with van der Waals surface area (Å²) in [5.41, 5.74) is 2.70. The summed E-state index contributed by atoms with van der Waals surface area (Å²) in [5, 5.41) is 4.93. The Morgan fingerprint density at radius 1 is 1.24 bits per heavy atom. The molecular weight excluding hydrogens is 318 g/mol. The molecular formula is C19H23N3O3. The molecule has 0 aliphatic heterocycles. The molecule has 0 atom stereocenters. The lowest BCUT2D eigenvalue weighted by atomic mass is 10.1. The molecule has 1 aromatic carbocycles. The van der Waals surface area contributed by atoms with Crippen molar-refractivity contribution in [1.82, 2.24) is 15.0 Å². The Balaban J connectivity index is 1.85. The van der Waals surface area contributed by atoms with E-state index >= 15 is 0 Å². The van der Waals surface area contributed by atoms with Crippen LogP contribution in [-0.4, -0.2) is 27.5 Å². The van der Waals surface area contributed by atoms with Crippen molar-refractivity contribution in [1.29, 1.82) is 0 Å². The van der Waals surface area contributed by atoms with Crippen LogP contribution in [0, 0.1) is 13.8 Å². The van der Waals surface area contributed by atoms with Gasteiger partial charge in [0.15, 0.2) is 11.6 Å². The Labute approximate surface area is 146 Å². The lowest BCUT2D eigenvalue weighted by Crippen LogP contribution is -2.30. The van der Waals surface area contributed by atoms with E-state index in [1.54, 1.807) is 4.90 Å². The molecule has 132 valence electrons. The minimum Gasteiger partial charge on any atom is -0.451 e. The van der Waals surface area contributed by atoms with E-state index < -0.39 is 0 Å². The summed E-state index contributed by atoms with van der Waals surface area (Å²) >= 11 is 0. The molecule has 0 bridgehead atoms. The van der Waals surface area contributed by atoms with E-state index in [1.807, 2.05) is 39.0 Å². The monoisotopic (exact) mass is 341 g/mol. The van der Waals surface area contributed by atoms with E-state index in [4.69, 9.17) is 8.94 Å². The fourth-order valence-electron chi connectivity index (χ4n) is 2.85. The first-order chi connectivity index (χ1) is 12.0. The normalized spacial score (nSPS) is 11.2. The second-order valence-electron chi connectivity index (χ2n) is 6.23. The van der Waals surface area contributed by atoms with Crippen molar-refractivity contribution >= 4 is 16.9 Å². The molecule has 0 saturated carbocycles. The smallest absolute Gasteiger partial charge is 0.290 e. The molecule has 0 aliphatic rings. The number of hydrogen-bond acceptors (Lipinski definition) is 5. The topological polar surface area (TPSA) is 72.4 Å². The first kappa shape index (κ1) is 17.2. The van der Waals surface area contributed by atoms with E-state index in [9.17, 15) is 4.79 Å². The Morgan fingerprint density at radius 3 is 2.76 bits per heavy atom. The zero-order chi connectivity index (χ0) is 18.0. The zero-order valence-corrected chi connectivity index (χ0v) is 15.1. The maximum Gasteiger partial charge on any atom is 0.290 e. The number of hydrogen-bond donors (Lipinski definition) is 0. The third-order valence-electron chi connectivity index (χ3n) is 4.26. The van der Waals surface area contributed by atoms with Crippen LogP contribution in [0.4, 0.5) is 0 Å². The van der Waals surface area contributed by atoms with Crippen LogP contribution in [0.3, 0.4) is 0 Å². The van der Waals surface area contributed by atoms with Gasteiger partial charge in [0.2, 0.25) is 5.89 Å². The van der Waals surface area contributed by atoms with E-state index in [0.29, 0.717) is 30.6 Å². The summed E-state index contributed by atoms with van der Waals surface area (Å²) in [6.07, 6.45) is 1.69. The number of aromatic nitrogens is 2. The maximum atomic E-state index is 12.9. The van der Waals surface area contributed by atoms with Gasteiger partial charge in [-0.25, -0.2) is 0 Å². The largest absolute Gasteiger partial charge is 0.451 e. The summed E-state index contributed by atoms with van der Waals surface area (Å²) < 4.78 is 11.0. The standard InChI is InChI=1S/C19H23N3O3/c1-5-7-17-20-16(21-25-17)11-22(6-2)19(23)18-13(4)14-9-8-12(3)10-15(14)24-18/h8-10H,5-7,11H2,1-4H3. The van der Waals surface area contributed by atoms with Gasteiger partial charge in [-0.2, -0.15) is 4.98 Å². The molecule has 6 heteroatoms. The van der Waals surface area contributed by atoms with E-state index in [1.165, 1.54) is 0 Å². The van der Waals surface area contributed by atoms with Gasteiger partial charge in [0.1, 0.15) is 5.58 Å². The molecule has 6 nitrogen and oxygen atoms in total. The van der Waals surface area contributed by atoms with Crippen LogP contribution in [0.2, 0.25) is 0 Å². The third-order valence-corrected chi connectivity index (χ3v) is 4.26. The number of aryl methyl sites for hydroxylation is 3. The van der Waals surface area contributed by atoms with Gasteiger partial charge in [-0.1, -0.05) is 24.2 Å². The number of benzene rings is 1. The average molecular weight is 341 g/mol. The molecule has 0 unspecified atom stereocenters. The third kappa shape index (κ3) is 3.43. The van der Waals surface area contributed by atoms with Crippen molar-refractivity contribution < 1.29 is 13.7 Å². The van der Waals surface area contributed by atoms with Crippen molar-refractivity contribution in [3.63, 3.8) is 0 Å². The fraction of sp³-hybridized carbons (Fsp3) is 0.421. The van der Waals surface area contributed by atoms with Crippen LogP contribution < -0.4 is 0 Å². The fourth-order valence-corrected chi connectivity index (χ4v) is 2.85. The molecule has 2 heterocycles. The molecule has 25 heavy (non-hydrogen) atoms. The van der Waals surface area contributed by atoms with Crippen LogP contribution in [0.5, 0.6) is 0 Å². The quantitative estimate of drug-likeness (QED) is 0.676. The highest BCUT2D eigenvalue weighted by molar-refractivity contribution is 5.99. The van der Waals surface area contributed by atoms with Crippen LogP contribution in [0.1, 0.15) is 53.7 Å². The molecule has 0 spiro atoms. The van der Waals surface area contributed by atoms with Crippen LogP contribution >= 0.6 is 0 Å². The van der Waals surface area contributed by atoms with Crippen LogP contribution in [0.25, 0.3) is 11.0 Å². The van der Waals surface area contributed by atoms with E-state index in [0.717, 1.165) is 34.9 Å². The number of rotatable bonds is 6. The van der Waals surface area contributed by atoms with Gasteiger partial charge in [-0.05, 0) is 38.8 Å². The number of carbonyl (C=O) groups is 1. The Kier molecular flexibility index (Phi) is 4.88. The van der Waals surface area contributed by atoms with E-state index in [2.05, 4.69) is 17.1 Å². The van der Waals surface area contributed by atoms with Gasteiger partial charge in [-0.15, -0.1) is 0 Å². The first-order valence-electron chi connectivity index (χ1n) is 8.64. The molecule has 3 rings (SSSR count). The second-order valence-corrected chi connectivity index (χ2v) is 6.23. The lowest BCUT2D eigenvalue weighted by molar-refractivity contribution is 0.0716. The average Bonchev–Trinajstić information content (AvgIpc) is 3.16. The number of nitrogens with zero attached hydrogens (tertiary/aromatic N) is 3. The van der Waals surface area contributed by atoms with E-state index in [-0.39, 0.29) is 5.91 Å². The van der Waals surface area contributed by atoms with Crippen LogP contribution in [-0.2, 0) is 13.0 Å². The Morgan fingerprint density at radius 2 is 2.04 bits per heavy atom. The number of amides is 1. The Hall–Kier alpha value is -2.63. The molecule has 0 fully saturated rings. The van der Waals surface area contributed by atoms with Gasteiger partial charge in [-0.3, -0.25) is 4.79 Å².